The third-order valence-electron chi connectivity index (χ3n) is 2.71. The predicted molar refractivity (Wildman–Crippen MR) is 78.7 cm³/mol. The van der Waals surface area contributed by atoms with Crippen molar-refractivity contribution in [1.82, 2.24) is 10.2 Å². The zero-order valence-electron chi connectivity index (χ0n) is 11.8. The van der Waals surface area contributed by atoms with E-state index in [0.29, 0.717) is 16.5 Å². The molecule has 2 aromatic heterocycles. The maximum Gasteiger partial charge on any atom is 0.344 e. The van der Waals surface area contributed by atoms with E-state index in [9.17, 15) is 4.79 Å². The van der Waals surface area contributed by atoms with Gasteiger partial charge in [0.25, 0.3) is 11.8 Å². The fourth-order valence-corrected chi connectivity index (χ4v) is 1.87. The van der Waals surface area contributed by atoms with E-state index >= 15 is 0 Å². The lowest BCUT2D eigenvalue weighted by molar-refractivity contribution is -0.148. The van der Waals surface area contributed by atoms with E-state index in [-0.39, 0.29) is 25.0 Å². The van der Waals surface area contributed by atoms with E-state index in [1.54, 1.807) is 36.4 Å². The van der Waals surface area contributed by atoms with Crippen molar-refractivity contribution in [3.63, 3.8) is 0 Å². The highest BCUT2D eigenvalue weighted by atomic mass is 35.5. The first-order valence-corrected chi connectivity index (χ1v) is 6.99. The van der Waals surface area contributed by atoms with Crippen molar-refractivity contribution in [3.8, 4) is 17.4 Å². The van der Waals surface area contributed by atoms with Crippen LogP contribution in [0, 0.1) is 0 Å². The Bertz CT molecular complexity index is 785. The molecule has 118 valence electrons. The largest absolute Gasteiger partial charge is 0.482 e. The first-order valence-electron chi connectivity index (χ1n) is 6.61. The Balaban J connectivity index is 1.47. The fraction of sp³-hybridized carbons (Fsp3) is 0.133. The van der Waals surface area contributed by atoms with E-state index in [0.717, 1.165) is 0 Å². The van der Waals surface area contributed by atoms with Crippen LogP contribution in [0.25, 0.3) is 11.7 Å². The predicted octanol–water partition coefficient (Wildman–Crippen LogP) is 3.11. The van der Waals surface area contributed by atoms with Gasteiger partial charge in [0.15, 0.2) is 19.0 Å². The van der Waals surface area contributed by atoms with Crippen LogP contribution in [0.15, 0.2) is 51.5 Å². The Morgan fingerprint density at radius 1 is 1.22 bits per heavy atom. The highest BCUT2D eigenvalue weighted by Gasteiger charge is 2.13. The minimum atomic E-state index is -0.567. The van der Waals surface area contributed by atoms with Crippen LogP contribution in [0.5, 0.6) is 5.75 Å². The van der Waals surface area contributed by atoms with Gasteiger partial charge in [-0.3, -0.25) is 0 Å². The lowest BCUT2D eigenvalue weighted by Crippen LogP contribution is -2.14. The number of nitrogens with zero attached hydrogens (tertiary/aromatic N) is 2. The summed E-state index contributed by atoms with van der Waals surface area (Å²) in [5.41, 5.74) is 0. The molecule has 0 spiro atoms. The molecule has 3 rings (SSSR count). The zero-order chi connectivity index (χ0) is 16.1. The number of rotatable bonds is 6. The molecule has 0 unspecified atom stereocenters. The summed E-state index contributed by atoms with van der Waals surface area (Å²) in [5.74, 6) is 0.734. The quantitative estimate of drug-likeness (QED) is 0.640. The number of halogens is 1. The van der Waals surface area contributed by atoms with Crippen LogP contribution in [-0.4, -0.2) is 22.8 Å². The molecule has 0 atom stereocenters. The highest BCUT2D eigenvalue weighted by Crippen LogP contribution is 2.18. The van der Waals surface area contributed by atoms with Gasteiger partial charge in [-0.05, 0) is 30.3 Å². The van der Waals surface area contributed by atoms with Gasteiger partial charge in [-0.1, -0.05) is 17.7 Å². The number of aromatic nitrogens is 2. The lowest BCUT2D eigenvalue weighted by atomic mass is 10.3. The summed E-state index contributed by atoms with van der Waals surface area (Å²) in [6.45, 7) is -0.398. The number of furan rings is 1. The summed E-state index contributed by atoms with van der Waals surface area (Å²) in [5, 5.41) is 8.07. The normalized spacial score (nSPS) is 10.5. The van der Waals surface area contributed by atoms with Gasteiger partial charge in [0, 0.05) is 5.02 Å². The molecule has 3 aromatic rings. The van der Waals surface area contributed by atoms with Crippen molar-refractivity contribution in [3.05, 3.63) is 53.6 Å². The van der Waals surface area contributed by atoms with E-state index < -0.39 is 5.97 Å². The molecule has 0 N–H and O–H groups in total. The van der Waals surface area contributed by atoms with Crippen molar-refractivity contribution >= 4 is 17.6 Å². The molecule has 0 bridgehead atoms. The summed E-state index contributed by atoms with van der Waals surface area (Å²) < 4.78 is 20.7. The Kier molecular flexibility index (Phi) is 4.58. The molecule has 0 radical (unpaired) electrons. The zero-order valence-corrected chi connectivity index (χ0v) is 12.5. The number of carbonyl (C=O) groups excluding carboxylic acids is 1. The minimum absolute atomic E-state index is 0.147. The van der Waals surface area contributed by atoms with Gasteiger partial charge in [0.1, 0.15) is 5.75 Å². The van der Waals surface area contributed by atoms with Gasteiger partial charge >= 0.3 is 5.97 Å². The van der Waals surface area contributed by atoms with E-state index in [1.807, 2.05) is 0 Å². The van der Waals surface area contributed by atoms with Crippen LogP contribution in [-0.2, 0) is 16.1 Å². The van der Waals surface area contributed by atoms with Crippen molar-refractivity contribution in [2.75, 3.05) is 6.61 Å². The van der Waals surface area contributed by atoms with Gasteiger partial charge in [0.05, 0.1) is 6.26 Å². The summed E-state index contributed by atoms with van der Waals surface area (Å²) >= 11 is 5.81. The lowest BCUT2D eigenvalue weighted by Gasteiger charge is -2.05. The number of ether oxygens (including phenoxy) is 2. The van der Waals surface area contributed by atoms with Gasteiger partial charge in [-0.25, -0.2) is 4.79 Å². The molecule has 0 aliphatic heterocycles. The molecule has 23 heavy (non-hydrogen) atoms. The van der Waals surface area contributed by atoms with Crippen LogP contribution in [0.3, 0.4) is 0 Å². The highest BCUT2D eigenvalue weighted by molar-refractivity contribution is 6.30. The maximum absolute atomic E-state index is 11.6. The Morgan fingerprint density at radius 2 is 2.13 bits per heavy atom. The van der Waals surface area contributed by atoms with Crippen molar-refractivity contribution in [2.24, 2.45) is 0 Å². The molecule has 0 saturated heterocycles. The van der Waals surface area contributed by atoms with Crippen molar-refractivity contribution < 1.29 is 23.1 Å². The second-order valence-corrected chi connectivity index (χ2v) is 4.82. The number of hydrogen-bond donors (Lipinski definition) is 0. The van der Waals surface area contributed by atoms with Gasteiger partial charge in [-0.15, -0.1) is 10.2 Å². The first kappa shape index (κ1) is 15.1. The summed E-state index contributed by atoms with van der Waals surface area (Å²) in [4.78, 5) is 11.6. The summed E-state index contributed by atoms with van der Waals surface area (Å²) in [7, 11) is 0. The van der Waals surface area contributed by atoms with Crippen LogP contribution >= 0.6 is 11.6 Å². The standard InChI is InChI=1S/C15H11ClN2O5/c16-10-3-1-4-11(7-10)21-9-14(19)22-8-13-17-18-15(23-13)12-5-2-6-20-12/h1-7H,8-9H2. The van der Waals surface area contributed by atoms with E-state index in [4.69, 9.17) is 29.9 Å². The van der Waals surface area contributed by atoms with Crippen molar-refractivity contribution in [2.45, 2.75) is 6.61 Å². The molecule has 0 aliphatic rings. The topological polar surface area (TPSA) is 87.6 Å². The minimum Gasteiger partial charge on any atom is -0.482 e. The smallest absolute Gasteiger partial charge is 0.344 e. The number of esters is 1. The molecule has 1 aromatic carbocycles. The number of hydrogen-bond acceptors (Lipinski definition) is 7. The maximum atomic E-state index is 11.6. The SMILES string of the molecule is O=C(COc1cccc(Cl)c1)OCc1nnc(-c2ccco2)o1. The molecular formula is C15H11ClN2O5. The second kappa shape index (κ2) is 6.97. The Labute approximate surface area is 135 Å². The van der Waals surface area contributed by atoms with E-state index in [1.165, 1.54) is 6.26 Å². The third-order valence-corrected chi connectivity index (χ3v) is 2.94. The fourth-order valence-electron chi connectivity index (χ4n) is 1.69. The van der Waals surface area contributed by atoms with Crippen LogP contribution < -0.4 is 4.74 Å². The summed E-state index contributed by atoms with van der Waals surface area (Å²) in [6, 6.07) is 10.1. The average molecular weight is 335 g/mol. The molecule has 0 saturated carbocycles. The molecule has 0 fully saturated rings. The van der Waals surface area contributed by atoms with Crippen LogP contribution in [0.1, 0.15) is 5.89 Å². The van der Waals surface area contributed by atoms with E-state index in [2.05, 4.69) is 10.2 Å². The van der Waals surface area contributed by atoms with Gasteiger partial charge < -0.3 is 18.3 Å². The first-order chi connectivity index (χ1) is 11.2. The molecule has 2 heterocycles. The molecule has 8 heteroatoms. The monoisotopic (exact) mass is 334 g/mol. The number of benzene rings is 1. The molecule has 0 amide bonds. The van der Waals surface area contributed by atoms with Gasteiger partial charge in [-0.2, -0.15) is 0 Å². The Morgan fingerprint density at radius 3 is 2.91 bits per heavy atom. The number of carbonyl (C=O) groups is 1. The third kappa shape index (κ3) is 4.10. The molecular weight excluding hydrogens is 324 g/mol. The van der Waals surface area contributed by atoms with Gasteiger partial charge in [0.2, 0.25) is 0 Å². The van der Waals surface area contributed by atoms with Crippen LogP contribution in [0.2, 0.25) is 5.02 Å². The average Bonchev–Trinajstić information content (AvgIpc) is 3.22. The second-order valence-electron chi connectivity index (χ2n) is 4.38. The summed E-state index contributed by atoms with van der Waals surface area (Å²) in [6.07, 6.45) is 1.49. The Hall–Kier alpha value is -2.80. The van der Waals surface area contributed by atoms with Crippen LogP contribution in [0.4, 0.5) is 0 Å². The molecule has 7 nitrogen and oxygen atoms in total. The molecule has 0 aliphatic carbocycles. The van der Waals surface area contributed by atoms with Crippen molar-refractivity contribution in [1.29, 1.82) is 0 Å².